The van der Waals surface area contributed by atoms with Crippen molar-refractivity contribution in [3.05, 3.63) is 47.0 Å². The van der Waals surface area contributed by atoms with E-state index in [1.165, 1.54) is 6.07 Å². The molecular formula is C18H16ClFN4O. The highest BCUT2D eigenvalue weighted by Gasteiger charge is 2.18. The summed E-state index contributed by atoms with van der Waals surface area (Å²) in [5.74, 6) is 0.357. The van der Waals surface area contributed by atoms with Gasteiger partial charge in [-0.1, -0.05) is 11.6 Å². The van der Waals surface area contributed by atoms with Crippen LogP contribution in [0.15, 0.2) is 30.5 Å². The van der Waals surface area contributed by atoms with Crippen LogP contribution in [0.2, 0.25) is 5.02 Å². The van der Waals surface area contributed by atoms with Crippen LogP contribution in [0.5, 0.6) is 0 Å². The Morgan fingerprint density at radius 1 is 1.12 bits per heavy atom. The standard InChI is InChI=1S/C18H16ClFN4O/c1-11-10-21-17-14(13-3-2-12(19)8-15(13)20)9-16(23-18(17)22-11)24-4-6-25-7-5-24/h2-3,8-10H,4-7H2,1H3. The minimum absolute atomic E-state index is 0.356. The minimum atomic E-state index is -0.393. The van der Waals surface area contributed by atoms with Crippen molar-refractivity contribution in [2.24, 2.45) is 0 Å². The number of anilines is 1. The van der Waals surface area contributed by atoms with Crippen LogP contribution < -0.4 is 4.90 Å². The monoisotopic (exact) mass is 358 g/mol. The number of aryl methyl sites for hydroxylation is 1. The molecule has 128 valence electrons. The second-order valence-electron chi connectivity index (χ2n) is 5.94. The van der Waals surface area contributed by atoms with E-state index in [2.05, 4.69) is 19.9 Å². The van der Waals surface area contributed by atoms with Gasteiger partial charge in [-0.25, -0.2) is 14.4 Å². The van der Waals surface area contributed by atoms with Crippen molar-refractivity contribution in [3.8, 4) is 11.1 Å². The highest BCUT2D eigenvalue weighted by Crippen LogP contribution is 2.32. The summed E-state index contributed by atoms with van der Waals surface area (Å²) in [6.45, 7) is 4.62. The highest BCUT2D eigenvalue weighted by molar-refractivity contribution is 6.30. The fraction of sp³-hybridized carbons (Fsp3) is 0.278. The van der Waals surface area contributed by atoms with E-state index in [1.807, 2.05) is 13.0 Å². The molecule has 1 fully saturated rings. The first-order valence-corrected chi connectivity index (χ1v) is 8.42. The zero-order valence-electron chi connectivity index (χ0n) is 13.7. The number of benzene rings is 1. The van der Waals surface area contributed by atoms with Crippen molar-refractivity contribution in [2.75, 3.05) is 31.2 Å². The molecule has 0 unspecified atom stereocenters. The van der Waals surface area contributed by atoms with Gasteiger partial charge in [-0.2, -0.15) is 0 Å². The molecule has 5 nitrogen and oxygen atoms in total. The van der Waals surface area contributed by atoms with Gasteiger partial charge in [-0.15, -0.1) is 0 Å². The Bertz CT molecular complexity index is 944. The van der Waals surface area contributed by atoms with E-state index < -0.39 is 5.82 Å². The number of pyridine rings is 1. The maximum atomic E-state index is 14.5. The zero-order valence-corrected chi connectivity index (χ0v) is 14.4. The van der Waals surface area contributed by atoms with Crippen molar-refractivity contribution in [1.29, 1.82) is 0 Å². The molecule has 0 atom stereocenters. The molecule has 0 saturated carbocycles. The molecule has 3 heterocycles. The molecule has 4 rings (SSSR count). The van der Waals surface area contributed by atoms with Crippen molar-refractivity contribution >= 4 is 28.6 Å². The second-order valence-corrected chi connectivity index (χ2v) is 6.37. The van der Waals surface area contributed by atoms with Crippen LogP contribution >= 0.6 is 11.6 Å². The summed E-state index contributed by atoms with van der Waals surface area (Å²) < 4.78 is 19.9. The fourth-order valence-electron chi connectivity index (χ4n) is 2.94. The lowest BCUT2D eigenvalue weighted by Crippen LogP contribution is -2.36. The molecule has 0 bridgehead atoms. The molecule has 0 amide bonds. The van der Waals surface area contributed by atoms with Crippen molar-refractivity contribution in [1.82, 2.24) is 15.0 Å². The third kappa shape index (κ3) is 3.15. The summed E-state index contributed by atoms with van der Waals surface area (Å²) in [5.41, 5.74) is 2.94. The molecule has 1 aliphatic heterocycles. The Morgan fingerprint density at radius 3 is 2.68 bits per heavy atom. The third-order valence-electron chi connectivity index (χ3n) is 4.18. The molecule has 0 aliphatic carbocycles. The summed E-state index contributed by atoms with van der Waals surface area (Å²) in [6.07, 6.45) is 1.66. The van der Waals surface area contributed by atoms with E-state index in [1.54, 1.807) is 18.3 Å². The molecule has 0 N–H and O–H groups in total. The number of rotatable bonds is 2. The Hall–Kier alpha value is -2.31. The molecule has 0 radical (unpaired) electrons. The average Bonchev–Trinajstić information content (AvgIpc) is 2.61. The van der Waals surface area contributed by atoms with Gasteiger partial charge in [-0.05, 0) is 31.2 Å². The lowest BCUT2D eigenvalue weighted by molar-refractivity contribution is 0.122. The lowest BCUT2D eigenvalue weighted by atomic mass is 10.0. The summed E-state index contributed by atoms with van der Waals surface area (Å²) in [4.78, 5) is 15.7. The van der Waals surface area contributed by atoms with Gasteiger partial charge in [0.25, 0.3) is 0 Å². The first-order chi connectivity index (χ1) is 12.1. The number of morpholine rings is 1. The zero-order chi connectivity index (χ0) is 17.4. The van der Waals surface area contributed by atoms with E-state index in [0.29, 0.717) is 40.5 Å². The predicted octanol–water partition coefficient (Wildman–Crippen LogP) is 3.63. The van der Waals surface area contributed by atoms with Gasteiger partial charge in [0.15, 0.2) is 5.65 Å². The van der Waals surface area contributed by atoms with Gasteiger partial charge in [0.2, 0.25) is 0 Å². The number of fused-ring (bicyclic) bond motifs is 1. The van der Waals surface area contributed by atoms with E-state index in [9.17, 15) is 4.39 Å². The predicted molar refractivity (Wildman–Crippen MR) is 95.5 cm³/mol. The quantitative estimate of drug-likeness (QED) is 0.700. The van der Waals surface area contributed by atoms with Crippen LogP contribution in [-0.2, 0) is 4.74 Å². The highest BCUT2D eigenvalue weighted by atomic mass is 35.5. The Kier molecular flexibility index (Phi) is 4.23. The van der Waals surface area contributed by atoms with Crippen molar-refractivity contribution in [3.63, 3.8) is 0 Å². The maximum Gasteiger partial charge on any atom is 0.181 e. The molecule has 2 aromatic heterocycles. The summed E-state index contributed by atoms with van der Waals surface area (Å²) in [7, 11) is 0. The van der Waals surface area contributed by atoms with Gasteiger partial charge < -0.3 is 9.64 Å². The molecule has 3 aromatic rings. The van der Waals surface area contributed by atoms with Crippen LogP contribution in [0.1, 0.15) is 5.69 Å². The van der Waals surface area contributed by atoms with E-state index in [4.69, 9.17) is 16.3 Å². The summed E-state index contributed by atoms with van der Waals surface area (Å²) in [5, 5.41) is 0.356. The Labute approximate surface area is 149 Å². The number of hydrogen-bond donors (Lipinski definition) is 0. The third-order valence-corrected chi connectivity index (χ3v) is 4.42. The summed E-state index contributed by atoms with van der Waals surface area (Å²) in [6, 6.07) is 6.50. The maximum absolute atomic E-state index is 14.5. The Morgan fingerprint density at radius 2 is 1.92 bits per heavy atom. The smallest absolute Gasteiger partial charge is 0.181 e. The first-order valence-electron chi connectivity index (χ1n) is 8.04. The van der Waals surface area contributed by atoms with Gasteiger partial charge in [0.1, 0.15) is 17.2 Å². The van der Waals surface area contributed by atoms with Gasteiger partial charge in [0, 0.05) is 35.4 Å². The number of aromatic nitrogens is 3. The number of ether oxygens (including phenoxy) is 1. The second kappa shape index (κ2) is 6.54. The molecule has 0 spiro atoms. The molecule has 7 heteroatoms. The molecule has 1 saturated heterocycles. The first kappa shape index (κ1) is 16.2. The largest absolute Gasteiger partial charge is 0.378 e. The van der Waals surface area contributed by atoms with Gasteiger partial charge >= 0.3 is 0 Å². The molecular weight excluding hydrogens is 343 g/mol. The van der Waals surface area contributed by atoms with Crippen molar-refractivity contribution in [2.45, 2.75) is 6.92 Å². The van der Waals surface area contributed by atoms with E-state index >= 15 is 0 Å². The van der Waals surface area contributed by atoms with Crippen molar-refractivity contribution < 1.29 is 9.13 Å². The molecule has 25 heavy (non-hydrogen) atoms. The van der Waals surface area contributed by atoms with Crippen LogP contribution in [-0.4, -0.2) is 41.3 Å². The SMILES string of the molecule is Cc1cnc2c(-c3ccc(Cl)cc3F)cc(N3CCOCC3)nc2n1. The number of nitrogens with zero attached hydrogens (tertiary/aromatic N) is 4. The lowest BCUT2D eigenvalue weighted by Gasteiger charge is -2.28. The summed E-state index contributed by atoms with van der Waals surface area (Å²) >= 11 is 5.89. The van der Waals surface area contributed by atoms with Gasteiger partial charge in [-0.3, -0.25) is 4.98 Å². The number of halogens is 2. The molecule has 1 aromatic carbocycles. The van der Waals surface area contributed by atoms with Crippen LogP contribution in [0.4, 0.5) is 10.2 Å². The average molecular weight is 359 g/mol. The van der Waals surface area contributed by atoms with E-state index in [0.717, 1.165) is 24.6 Å². The number of hydrogen-bond acceptors (Lipinski definition) is 5. The topological polar surface area (TPSA) is 51.1 Å². The van der Waals surface area contributed by atoms with Crippen LogP contribution in [0.25, 0.3) is 22.3 Å². The fourth-order valence-corrected chi connectivity index (χ4v) is 3.10. The van der Waals surface area contributed by atoms with Crippen LogP contribution in [0.3, 0.4) is 0 Å². The van der Waals surface area contributed by atoms with E-state index in [-0.39, 0.29) is 0 Å². The van der Waals surface area contributed by atoms with Gasteiger partial charge in [0.05, 0.1) is 18.9 Å². The van der Waals surface area contributed by atoms with Crippen LogP contribution in [0, 0.1) is 12.7 Å². The molecule has 1 aliphatic rings. The minimum Gasteiger partial charge on any atom is -0.378 e. The normalized spacial score (nSPS) is 14.9. The Balaban J connectivity index is 1.94.